The third-order valence-electron chi connectivity index (χ3n) is 7.60. The molecule has 2 aromatic rings. The van der Waals surface area contributed by atoms with E-state index in [0.717, 1.165) is 59.4 Å². The maximum absolute atomic E-state index is 13.4. The molecule has 0 fully saturated rings. The first-order valence-corrected chi connectivity index (χ1v) is 14.8. The second-order valence-corrected chi connectivity index (χ2v) is 12.7. The number of rotatable bonds is 14. The number of nitrogens with two attached hydrogens (primary N) is 1. The number of aliphatic hydroxyl groups is 1. The number of Topliss-reactive ketones (excluding diaryl/α,β-unsaturated/α-hetero) is 1. The molecular formula is C31H46N2O4S. The first-order valence-electron chi connectivity index (χ1n) is 14.0. The van der Waals surface area contributed by atoms with Crippen LogP contribution in [0.2, 0.25) is 0 Å². The Labute approximate surface area is 232 Å². The molecule has 3 N–H and O–H groups in total. The molecule has 1 atom stereocenters. The molecule has 3 rings (SSSR count). The summed E-state index contributed by atoms with van der Waals surface area (Å²) in [5.41, 5.74) is 11.5. The fourth-order valence-corrected chi connectivity index (χ4v) is 6.73. The first kappa shape index (κ1) is 30.3. The molecular weight excluding hydrogens is 496 g/mol. The van der Waals surface area contributed by atoms with Gasteiger partial charge in [0.2, 0.25) is 5.91 Å². The molecule has 1 aliphatic rings. The number of benzene rings is 1. The summed E-state index contributed by atoms with van der Waals surface area (Å²) in [6.45, 7) is 12.1. The SMILES string of the molecule is CCc1cc(CCC(=O)c2sc(CC)c3c2CCC(C)(C)C3)cc(C)c1OCC(O)CN(C)CCC(N)=O. The predicted molar refractivity (Wildman–Crippen MR) is 156 cm³/mol. The van der Waals surface area contributed by atoms with Crippen molar-refractivity contribution < 1.29 is 19.4 Å². The zero-order valence-corrected chi connectivity index (χ0v) is 24.9. The predicted octanol–water partition coefficient (Wildman–Crippen LogP) is 5.06. The molecule has 0 saturated heterocycles. The van der Waals surface area contributed by atoms with E-state index in [1.807, 2.05) is 18.9 Å². The fraction of sp³-hybridized carbons (Fsp3) is 0.613. The average molecular weight is 543 g/mol. The van der Waals surface area contributed by atoms with E-state index in [9.17, 15) is 14.7 Å². The number of ether oxygens (including phenoxy) is 1. The highest BCUT2D eigenvalue weighted by Crippen LogP contribution is 2.42. The van der Waals surface area contributed by atoms with Crippen LogP contribution in [0.15, 0.2) is 12.1 Å². The van der Waals surface area contributed by atoms with E-state index in [1.54, 1.807) is 11.3 Å². The van der Waals surface area contributed by atoms with Crippen molar-refractivity contribution in [2.75, 3.05) is 26.7 Å². The van der Waals surface area contributed by atoms with Crippen molar-refractivity contribution in [1.29, 1.82) is 0 Å². The molecule has 1 aliphatic carbocycles. The normalized spacial score (nSPS) is 15.4. The summed E-state index contributed by atoms with van der Waals surface area (Å²) in [5, 5.41) is 10.4. The molecule has 1 unspecified atom stereocenters. The van der Waals surface area contributed by atoms with E-state index in [0.29, 0.717) is 31.3 Å². The number of ketones is 1. The molecule has 1 heterocycles. The molecule has 0 aliphatic heterocycles. The molecule has 7 heteroatoms. The summed E-state index contributed by atoms with van der Waals surface area (Å²) in [7, 11) is 1.85. The number of fused-ring (bicyclic) bond motifs is 1. The third kappa shape index (κ3) is 7.90. The average Bonchev–Trinajstić information content (AvgIpc) is 3.21. The lowest BCUT2D eigenvalue weighted by atomic mass is 9.74. The molecule has 0 radical (unpaired) electrons. The number of hydrogen-bond acceptors (Lipinski definition) is 6. The second kappa shape index (κ2) is 13.2. The van der Waals surface area contributed by atoms with Crippen LogP contribution in [0, 0.1) is 12.3 Å². The number of nitrogens with zero attached hydrogens (tertiary/aromatic N) is 1. The van der Waals surface area contributed by atoms with E-state index in [-0.39, 0.29) is 24.7 Å². The number of hydrogen-bond donors (Lipinski definition) is 2. The summed E-state index contributed by atoms with van der Waals surface area (Å²) in [5.74, 6) is 0.728. The highest BCUT2D eigenvalue weighted by Gasteiger charge is 2.31. The Bertz CT molecular complexity index is 1140. The number of aryl methyl sites for hydroxylation is 4. The van der Waals surface area contributed by atoms with Gasteiger partial charge in [-0.25, -0.2) is 0 Å². The number of likely N-dealkylation sites (N-methyl/N-ethyl adjacent to an activating group) is 1. The summed E-state index contributed by atoms with van der Waals surface area (Å²) in [4.78, 5) is 28.6. The van der Waals surface area contributed by atoms with Crippen LogP contribution in [-0.2, 0) is 36.9 Å². The number of aliphatic hydroxyl groups excluding tert-OH is 1. The smallest absolute Gasteiger partial charge is 0.218 e. The number of carbonyl (C=O) groups is 2. The number of thiophene rings is 1. The van der Waals surface area contributed by atoms with Gasteiger partial charge in [0.05, 0.1) is 4.88 Å². The fourth-order valence-electron chi connectivity index (χ4n) is 5.46. The quantitative estimate of drug-likeness (QED) is 0.326. The number of amides is 1. The highest BCUT2D eigenvalue weighted by atomic mass is 32.1. The van der Waals surface area contributed by atoms with Crippen LogP contribution in [0.4, 0.5) is 0 Å². The van der Waals surface area contributed by atoms with Gasteiger partial charge in [-0.15, -0.1) is 11.3 Å². The summed E-state index contributed by atoms with van der Waals surface area (Å²) >= 11 is 1.73. The zero-order chi connectivity index (χ0) is 28.0. The van der Waals surface area contributed by atoms with Crippen molar-refractivity contribution in [2.45, 2.75) is 92.1 Å². The summed E-state index contributed by atoms with van der Waals surface area (Å²) in [6, 6.07) is 4.25. The monoisotopic (exact) mass is 542 g/mol. The van der Waals surface area contributed by atoms with Gasteiger partial charge < -0.3 is 20.5 Å². The Morgan fingerprint density at radius 2 is 1.92 bits per heavy atom. The van der Waals surface area contributed by atoms with Crippen LogP contribution in [0.3, 0.4) is 0 Å². The van der Waals surface area contributed by atoms with Crippen LogP contribution in [-0.4, -0.2) is 54.5 Å². The molecule has 1 amide bonds. The van der Waals surface area contributed by atoms with E-state index in [1.165, 1.54) is 16.0 Å². The van der Waals surface area contributed by atoms with Crippen molar-refractivity contribution in [1.82, 2.24) is 4.90 Å². The van der Waals surface area contributed by atoms with E-state index >= 15 is 0 Å². The van der Waals surface area contributed by atoms with Crippen molar-refractivity contribution >= 4 is 23.0 Å². The van der Waals surface area contributed by atoms with Crippen molar-refractivity contribution in [3.8, 4) is 5.75 Å². The van der Waals surface area contributed by atoms with Gasteiger partial charge in [-0.3, -0.25) is 9.59 Å². The van der Waals surface area contributed by atoms with Gasteiger partial charge in [0.25, 0.3) is 0 Å². The Morgan fingerprint density at radius 3 is 2.58 bits per heavy atom. The highest BCUT2D eigenvalue weighted by molar-refractivity contribution is 7.14. The third-order valence-corrected chi connectivity index (χ3v) is 9.06. The molecule has 210 valence electrons. The van der Waals surface area contributed by atoms with Crippen molar-refractivity contribution in [2.24, 2.45) is 11.1 Å². The summed E-state index contributed by atoms with van der Waals surface area (Å²) < 4.78 is 6.06. The lowest BCUT2D eigenvalue weighted by molar-refractivity contribution is -0.118. The zero-order valence-electron chi connectivity index (χ0n) is 24.1. The van der Waals surface area contributed by atoms with Crippen LogP contribution < -0.4 is 10.5 Å². The summed E-state index contributed by atoms with van der Waals surface area (Å²) in [6.07, 6.45) is 5.84. The molecule has 0 saturated carbocycles. The van der Waals surface area contributed by atoms with Crippen LogP contribution in [0.25, 0.3) is 0 Å². The number of carbonyl (C=O) groups excluding carboxylic acids is 2. The van der Waals surface area contributed by atoms with Crippen LogP contribution in [0.1, 0.15) is 89.3 Å². The second-order valence-electron chi connectivity index (χ2n) is 11.6. The van der Waals surface area contributed by atoms with Gasteiger partial charge in [0.15, 0.2) is 5.78 Å². The molecule has 0 bridgehead atoms. The minimum absolute atomic E-state index is 0.173. The minimum Gasteiger partial charge on any atom is -0.490 e. The Balaban J connectivity index is 1.63. The Hall–Kier alpha value is -2.22. The maximum Gasteiger partial charge on any atom is 0.218 e. The van der Waals surface area contributed by atoms with Crippen molar-refractivity contribution in [3.63, 3.8) is 0 Å². The lowest BCUT2D eigenvalue weighted by Gasteiger charge is -2.30. The van der Waals surface area contributed by atoms with E-state index < -0.39 is 6.10 Å². The lowest BCUT2D eigenvalue weighted by Crippen LogP contribution is -2.35. The van der Waals surface area contributed by atoms with Crippen LogP contribution in [0.5, 0.6) is 5.75 Å². The Kier molecular flexibility index (Phi) is 10.6. The largest absolute Gasteiger partial charge is 0.490 e. The standard InChI is InChI=1S/C31H46N2O4S/c1-7-22-16-21(15-20(3)29(22)37-19-23(34)18-33(6)14-12-28(32)36)9-10-26(35)30-24-11-13-31(4,5)17-25(24)27(8-2)38-30/h15-16,23,34H,7-14,17-19H2,1-6H3,(H2,32,36). The van der Waals surface area contributed by atoms with E-state index in [4.69, 9.17) is 10.5 Å². The molecule has 1 aromatic carbocycles. The van der Waals surface area contributed by atoms with Crippen molar-refractivity contribution in [3.05, 3.63) is 49.7 Å². The van der Waals surface area contributed by atoms with Gasteiger partial charge in [0.1, 0.15) is 18.5 Å². The minimum atomic E-state index is -0.676. The van der Waals surface area contributed by atoms with E-state index in [2.05, 4.69) is 39.8 Å². The van der Waals surface area contributed by atoms with Gasteiger partial charge in [-0.2, -0.15) is 0 Å². The number of primary amides is 1. The van der Waals surface area contributed by atoms with Gasteiger partial charge in [-0.05, 0) is 85.7 Å². The maximum atomic E-state index is 13.4. The molecule has 6 nitrogen and oxygen atoms in total. The molecule has 1 aromatic heterocycles. The Morgan fingerprint density at radius 1 is 1.18 bits per heavy atom. The van der Waals surface area contributed by atoms with Gasteiger partial charge >= 0.3 is 0 Å². The van der Waals surface area contributed by atoms with Crippen LogP contribution >= 0.6 is 11.3 Å². The first-order chi connectivity index (χ1) is 17.9. The molecule has 0 spiro atoms. The topological polar surface area (TPSA) is 92.9 Å². The molecule has 38 heavy (non-hydrogen) atoms. The van der Waals surface area contributed by atoms with Gasteiger partial charge in [-0.1, -0.05) is 39.8 Å². The van der Waals surface area contributed by atoms with Gasteiger partial charge in [0, 0.05) is 30.8 Å².